The van der Waals surface area contributed by atoms with E-state index in [-0.39, 0.29) is 27.5 Å². The van der Waals surface area contributed by atoms with Gasteiger partial charge < -0.3 is 10.6 Å². The Labute approximate surface area is 190 Å². The molecule has 3 aromatic carbocycles. The van der Waals surface area contributed by atoms with E-state index in [1.165, 1.54) is 42.5 Å². The fourth-order valence-corrected chi connectivity index (χ4v) is 3.91. The highest BCUT2D eigenvalue weighted by atomic mass is 35.5. The number of benzene rings is 3. The lowest BCUT2D eigenvalue weighted by Crippen LogP contribution is -2.16. The highest BCUT2D eigenvalue weighted by Gasteiger charge is 2.14. The number of nitrogens with one attached hydrogen (secondary N) is 2. The molecule has 0 atom stereocenters. The minimum Gasteiger partial charge on any atom is -0.326 e. The first-order valence-electron chi connectivity index (χ1n) is 9.49. The number of carbonyl (C=O) groups is 2. The summed E-state index contributed by atoms with van der Waals surface area (Å²) in [6.45, 7) is 1.74. The maximum atomic E-state index is 13.9. The molecule has 0 aliphatic carbocycles. The summed E-state index contributed by atoms with van der Waals surface area (Å²) in [5.41, 5.74) is 1.95. The number of sulfone groups is 1. The first kappa shape index (κ1) is 23.4. The van der Waals surface area contributed by atoms with Crippen LogP contribution in [0.2, 0.25) is 5.02 Å². The van der Waals surface area contributed by atoms with E-state index in [4.69, 9.17) is 11.6 Å². The van der Waals surface area contributed by atoms with Crippen LogP contribution >= 0.6 is 11.6 Å². The SMILES string of the molecule is Cc1cc(NC(=O)Cc2c(F)cccc2Cl)ccc1NC(=O)c1cccc(S(C)(=O)=O)c1. The summed E-state index contributed by atoms with van der Waals surface area (Å²) < 4.78 is 37.3. The zero-order chi connectivity index (χ0) is 23.5. The van der Waals surface area contributed by atoms with Gasteiger partial charge in [0.15, 0.2) is 9.84 Å². The van der Waals surface area contributed by atoms with Gasteiger partial charge in [0, 0.05) is 33.8 Å². The number of halogens is 2. The van der Waals surface area contributed by atoms with Crippen molar-refractivity contribution < 1.29 is 22.4 Å². The lowest BCUT2D eigenvalue weighted by Gasteiger charge is -2.12. The standard InChI is InChI=1S/C23H20ClFN2O4S/c1-14-11-16(26-22(28)13-18-19(24)7-4-8-20(18)25)9-10-21(14)27-23(29)15-5-3-6-17(12-15)32(2,30)31/h3-12H,13H2,1-2H3,(H,26,28)(H,27,29). The minimum atomic E-state index is -3.44. The number of hydrogen-bond donors (Lipinski definition) is 2. The van der Waals surface area contributed by atoms with E-state index < -0.39 is 27.5 Å². The van der Waals surface area contributed by atoms with Crippen molar-refractivity contribution in [2.75, 3.05) is 16.9 Å². The summed E-state index contributed by atoms with van der Waals surface area (Å²) in [5, 5.41) is 5.58. The maximum Gasteiger partial charge on any atom is 0.255 e. The highest BCUT2D eigenvalue weighted by Crippen LogP contribution is 2.23. The average molecular weight is 475 g/mol. The van der Waals surface area contributed by atoms with Crippen LogP contribution in [0.25, 0.3) is 0 Å². The van der Waals surface area contributed by atoms with E-state index in [9.17, 15) is 22.4 Å². The molecule has 0 aliphatic heterocycles. The topological polar surface area (TPSA) is 92.3 Å². The summed E-state index contributed by atoms with van der Waals surface area (Å²) in [5.74, 6) is -1.46. The molecule has 6 nitrogen and oxygen atoms in total. The van der Waals surface area contributed by atoms with Crippen molar-refractivity contribution in [2.24, 2.45) is 0 Å². The van der Waals surface area contributed by atoms with Gasteiger partial charge in [-0.3, -0.25) is 9.59 Å². The largest absolute Gasteiger partial charge is 0.326 e. The van der Waals surface area contributed by atoms with Crippen molar-refractivity contribution in [3.63, 3.8) is 0 Å². The molecule has 0 saturated heterocycles. The number of aryl methyl sites for hydroxylation is 1. The van der Waals surface area contributed by atoms with Gasteiger partial charge >= 0.3 is 0 Å². The Morgan fingerprint density at radius 1 is 1.00 bits per heavy atom. The maximum absolute atomic E-state index is 13.9. The van der Waals surface area contributed by atoms with Crippen molar-refractivity contribution in [2.45, 2.75) is 18.2 Å². The fraction of sp³-hybridized carbons (Fsp3) is 0.130. The van der Waals surface area contributed by atoms with Crippen LogP contribution < -0.4 is 10.6 Å². The molecule has 0 aliphatic rings. The molecule has 0 spiro atoms. The predicted octanol–water partition coefficient (Wildman–Crippen LogP) is 4.62. The zero-order valence-electron chi connectivity index (χ0n) is 17.3. The molecule has 9 heteroatoms. The Balaban J connectivity index is 1.70. The summed E-state index contributed by atoms with van der Waals surface area (Å²) in [6.07, 6.45) is 0.848. The normalized spacial score (nSPS) is 11.1. The molecule has 0 saturated carbocycles. The van der Waals surface area contributed by atoms with E-state index in [1.54, 1.807) is 25.1 Å². The highest BCUT2D eigenvalue weighted by molar-refractivity contribution is 7.90. The zero-order valence-corrected chi connectivity index (χ0v) is 18.9. The lowest BCUT2D eigenvalue weighted by molar-refractivity contribution is -0.115. The van der Waals surface area contributed by atoms with Crippen LogP contribution in [0.4, 0.5) is 15.8 Å². The quantitative estimate of drug-likeness (QED) is 0.545. The van der Waals surface area contributed by atoms with Crippen LogP contribution in [0.3, 0.4) is 0 Å². The molecule has 3 rings (SSSR count). The third-order valence-electron chi connectivity index (χ3n) is 4.68. The first-order chi connectivity index (χ1) is 15.0. The molecule has 3 aromatic rings. The second-order valence-electron chi connectivity index (χ2n) is 7.21. The van der Waals surface area contributed by atoms with E-state index in [0.29, 0.717) is 16.9 Å². The summed E-state index contributed by atoms with van der Waals surface area (Å²) in [7, 11) is -3.44. The Morgan fingerprint density at radius 3 is 2.38 bits per heavy atom. The van der Waals surface area contributed by atoms with Gasteiger partial charge in [0.1, 0.15) is 5.82 Å². The van der Waals surface area contributed by atoms with Crippen molar-refractivity contribution in [3.05, 3.63) is 88.2 Å². The van der Waals surface area contributed by atoms with Crippen molar-refractivity contribution in [1.82, 2.24) is 0 Å². The summed E-state index contributed by atoms with van der Waals surface area (Å²) in [6, 6.07) is 14.8. The molecule has 2 N–H and O–H groups in total. The number of rotatable bonds is 6. The molecule has 0 radical (unpaired) electrons. The molecule has 32 heavy (non-hydrogen) atoms. The van der Waals surface area contributed by atoms with Crippen molar-refractivity contribution in [1.29, 1.82) is 0 Å². The smallest absolute Gasteiger partial charge is 0.255 e. The molecule has 0 aromatic heterocycles. The van der Waals surface area contributed by atoms with Crippen LogP contribution in [0.1, 0.15) is 21.5 Å². The Bertz CT molecular complexity index is 1290. The molecular formula is C23H20ClFN2O4S. The van der Waals surface area contributed by atoms with Crippen LogP contribution in [-0.2, 0) is 21.1 Å². The van der Waals surface area contributed by atoms with Crippen molar-refractivity contribution >= 4 is 44.6 Å². The van der Waals surface area contributed by atoms with Crippen molar-refractivity contribution in [3.8, 4) is 0 Å². The number of carbonyl (C=O) groups excluding carboxylic acids is 2. The third kappa shape index (κ3) is 5.72. The molecule has 0 unspecified atom stereocenters. The second-order valence-corrected chi connectivity index (χ2v) is 9.63. The van der Waals surface area contributed by atoms with Gasteiger partial charge in [0.25, 0.3) is 5.91 Å². The summed E-state index contributed by atoms with van der Waals surface area (Å²) in [4.78, 5) is 24.9. The number of anilines is 2. The van der Waals surface area contributed by atoms with Gasteiger partial charge in [-0.15, -0.1) is 0 Å². The van der Waals surface area contributed by atoms with Gasteiger partial charge in [-0.2, -0.15) is 0 Å². The van der Waals surface area contributed by atoms with Gasteiger partial charge in [-0.25, -0.2) is 12.8 Å². The van der Waals surface area contributed by atoms with Gasteiger partial charge in [0.05, 0.1) is 11.3 Å². The molecule has 0 fully saturated rings. The molecular weight excluding hydrogens is 455 g/mol. The fourth-order valence-electron chi connectivity index (χ4n) is 3.01. The Morgan fingerprint density at radius 2 is 1.72 bits per heavy atom. The lowest BCUT2D eigenvalue weighted by atomic mass is 10.1. The minimum absolute atomic E-state index is 0.0508. The monoisotopic (exact) mass is 474 g/mol. The third-order valence-corrected chi connectivity index (χ3v) is 6.15. The van der Waals surface area contributed by atoms with E-state index in [2.05, 4.69) is 10.6 Å². The van der Waals surface area contributed by atoms with E-state index in [0.717, 1.165) is 6.26 Å². The molecule has 2 amide bonds. The Hall–Kier alpha value is -3.23. The number of hydrogen-bond acceptors (Lipinski definition) is 4. The van der Waals surface area contributed by atoms with Crippen LogP contribution in [0.5, 0.6) is 0 Å². The number of amides is 2. The predicted molar refractivity (Wildman–Crippen MR) is 122 cm³/mol. The van der Waals surface area contributed by atoms with Crippen LogP contribution in [0.15, 0.2) is 65.6 Å². The second kappa shape index (κ2) is 9.50. The van der Waals surface area contributed by atoms with E-state index >= 15 is 0 Å². The molecule has 0 bridgehead atoms. The van der Waals surface area contributed by atoms with Gasteiger partial charge in [-0.1, -0.05) is 23.7 Å². The Kier molecular flexibility index (Phi) is 6.96. The first-order valence-corrected chi connectivity index (χ1v) is 11.8. The molecule has 0 heterocycles. The average Bonchev–Trinajstić information content (AvgIpc) is 2.72. The van der Waals surface area contributed by atoms with Crippen LogP contribution in [0, 0.1) is 12.7 Å². The van der Waals surface area contributed by atoms with Gasteiger partial charge in [-0.05, 0) is 61.0 Å². The summed E-state index contributed by atoms with van der Waals surface area (Å²) >= 11 is 5.96. The van der Waals surface area contributed by atoms with Crippen LogP contribution in [-0.4, -0.2) is 26.5 Å². The van der Waals surface area contributed by atoms with E-state index in [1.807, 2.05) is 0 Å². The van der Waals surface area contributed by atoms with Gasteiger partial charge in [0.2, 0.25) is 5.91 Å². The molecule has 166 valence electrons.